The van der Waals surface area contributed by atoms with Gasteiger partial charge in [0.2, 0.25) is 0 Å². The molecule has 0 saturated heterocycles. The topological polar surface area (TPSA) is 64.1 Å². The van der Waals surface area contributed by atoms with Gasteiger partial charge < -0.3 is 16.8 Å². The molecule has 0 heterocycles. The minimum absolute atomic E-state index is 0.331. The molecule has 3 heteroatoms. The van der Waals surface area contributed by atoms with E-state index in [-0.39, 0.29) is 0 Å². The zero-order chi connectivity index (χ0) is 14.2. The molecule has 5 N–H and O–H groups in total. The van der Waals surface area contributed by atoms with Crippen LogP contribution in [0.4, 0.5) is 0 Å². The molecule has 3 nitrogen and oxygen atoms in total. The molecule has 0 aliphatic heterocycles. The van der Waals surface area contributed by atoms with E-state index in [0.29, 0.717) is 6.04 Å². The summed E-state index contributed by atoms with van der Waals surface area (Å²) >= 11 is 0. The second-order valence-corrected chi connectivity index (χ2v) is 5.72. The lowest BCUT2D eigenvalue weighted by molar-refractivity contribution is 0.496. The molecule has 0 amide bonds. The summed E-state index contributed by atoms with van der Waals surface area (Å²) in [5, 5.41) is 3.48. The number of unbranched alkanes of at least 4 members (excludes halogenated alkanes) is 8. The summed E-state index contributed by atoms with van der Waals surface area (Å²) in [5.74, 6) is 0. The van der Waals surface area contributed by atoms with Crippen molar-refractivity contribution in [2.24, 2.45) is 11.5 Å². The molecule has 0 aromatic heterocycles. The standard InChI is InChI=1S/C16H37N3/c1-2-3-4-5-8-11-14-19-15-16(18)12-9-6-7-10-13-17/h16,19H,2-15,17-18H2,1H3. The van der Waals surface area contributed by atoms with Gasteiger partial charge >= 0.3 is 0 Å². The van der Waals surface area contributed by atoms with Gasteiger partial charge in [-0.2, -0.15) is 0 Å². The van der Waals surface area contributed by atoms with Gasteiger partial charge in [-0.15, -0.1) is 0 Å². The second kappa shape index (κ2) is 15.9. The van der Waals surface area contributed by atoms with Crippen LogP contribution in [0.1, 0.15) is 77.6 Å². The Balaban J connectivity index is 3.09. The van der Waals surface area contributed by atoms with Crippen LogP contribution in [0.3, 0.4) is 0 Å². The van der Waals surface area contributed by atoms with Crippen molar-refractivity contribution in [3.63, 3.8) is 0 Å². The average molecular weight is 271 g/mol. The predicted molar refractivity (Wildman–Crippen MR) is 86.4 cm³/mol. The summed E-state index contributed by atoms with van der Waals surface area (Å²) in [6.07, 6.45) is 14.3. The normalized spacial score (nSPS) is 12.8. The van der Waals surface area contributed by atoms with E-state index >= 15 is 0 Å². The van der Waals surface area contributed by atoms with Crippen molar-refractivity contribution in [1.82, 2.24) is 5.32 Å². The SMILES string of the molecule is CCCCCCCCNCC(N)CCCCCCN. The molecule has 0 aliphatic carbocycles. The van der Waals surface area contributed by atoms with E-state index in [4.69, 9.17) is 11.5 Å². The van der Waals surface area contributed by atoms with Crippen LogP contribution in [-0.4, -0.2) is 25.7 Å². The molecule has 0 aromatic carbocycles. The smallest absolute Gasteiger partial charge is 0.0165 e. The summed E-state index contributed by atoms with van der Waals surface area (Å²) < 4.78 is 0. The fraction of sp³-hybridized carbons (Fsp3) is 1.00. The van der Waals surface area contributed by atoms with Crippen molar-refractivity contribution < 1.29 is 0 Å². The Hall–Kier alpha value is -0.120. The van der Waals surface area contributed by atoms with Crippen LogP contribution in [0.5, 0.6) is 0 Å². The molecule has 0 radical (unpaired) electrons. The van der Waals surface area contributed by atoms with Gasteiger partial charge in [-0.25, -0.2) is 0 Å². The van der Waals surface area contributed by atoms with Crippen molar-refractivity contribution in [2.75, 3.05) is 19.6 Å². The summed E-state index contributed by atoms with van der Waals surface area (Å²) in [5.41, 5.74) is 11.5. The van der Waals surface area contributed by atoms with Gasteiger partial charge in [0, 0.05) is 12.6 Å². The molecule has 0 spiro atoms. The van der Waals surface area contributed by atoms with E-state index in [2.05, 4.69) is 12.2 Å². The first-order valence-electron chi connectivity index (χ1n) is 8.47. The third-order valence-electron chi connectivity index (χ3n) is 3.64. The van der Waals surface area contributed by atoms with Crippen LogP contribution < -0.4 is 16.8 Å². The molecule has 0 fully saturated rings. The summed E-state index contributed by atoms with van der Waals surface area (Å²) in [7, 11) is 0. The Kier molecular flexibility index (Phi) is 15.8. The fourth-order valence-electron chi connectivity index (χ4n) is 2.32. The zero-order valence-corrected chi connectivity index (χ0v) is 13.1. The Labute approximate surface area is 120 Å². The van der Waals surface area contributed by atoms with Gasteiger partial charge in [0.25, 0.3) is 0 Å². The van der Waals surface area contributed by atoms with Gasteiger partial charge in [-0.05, 0) is 32.4 Å². The number of nitrogens with two attached hydrogens (primary N) is 2. The molecule has 0 saturated carbocycles. The highest BCUT2D eigenvalue weighted by Crippen LogP contribution is 2.05. The highest BCUT2D eigenvalue weighted by atomic mass is 14.9. The molecule has 0 aromatic rings. The van der Waals surface area contributed by atoms with Crippen LogP contribution in [0.2, 0.25) is 0 Å². The van der Waals surface area contributed by atoms with Crippen LogP contribution in [0.15, 0.2) is 0 Å². The van der Waals surface area contributed by atoms with E-state index in [1.165, 1.54) is 57.8 Å². The molecule has 1 unspecified atom stereocenters. The largest absolute Gasteiger partial charge is 0.330 e. The molecular weight excluding hydrogens is 234 g/mol. The summed E-state index contributed by atoms with van der Waals surface area (Å²) in [6, 6.07) is 0.331. The Morgan fingerprint density at radius 1 is 0.842 bits per heavy atom. The highest BCUT2D eigenvalue weighted by molar-refractivity contribution is 4.64. The van der Waals surface area contributed by atoms with E-state index < -0.39 is 0 Å². The first kappa shape index (κ1) is 18.9. The summed E-state index contributed by atoms with van der Waals surface area (Å²) in [6.45, 7) is 5.20. The minimum Gasteiger partial charge on any atom is -0.330 e. The van der Waals surface area contributed by atoms with Gasteiger partial charge in [0.1, 0.15) is 0 Å². The quantitative estimate of drug-likeness (QED) is 0.401. The van der Waals surface area contributed by atoms with Crippen molar-refractivity contribution in [3.8, 4) is 0 Å². The van der Waals surface area contributed by atoms with E-state index in [1.54, 1.807) is 0 Å². The van der Waals surface area contributed by atoms with Gasteiger partial charge in [0.15, 0.2) is 0 Å². The average Bonchev–Trinajstić information content (AvgIpc) is 2.41. The lowest BCUT2D eigenvalue weighted by atomic mass is 10.1. The summed E-state index contributed by atoms with van der Waals surface area (Å²) in [4.78, 5) is 0. The van der Waals surface area contributed by atoms with E-state index in [9.17, 15) is 0 Å². The zero-order valence-electron chi connectivity index (χ0n) is 13.1. The minimum atomic E-state index is 0.331. The number of hydrogen-bond donors (Lipinski definition) is 3. The molecular formula is C16H37N3. The molecule has 0 rings (SSSR count). The first-order valence-corrected chi connectivity index (χ1v) is 8.47. The lowest BCUT2D eigenvalue weighted by Gasteiger charge is -2.12. The molecule has 116 valence electrons. The maximum absolute atomic E-state index is 6.08. The van der Waals surface area contributed by atoms with Crippen LogP contribution in [-0.2, 0) is 0 Å². The predicted octanol–water partition coefficient (Wildman–Crippen LogP) is 3.17. The van der Waals surface area contributed by atoms with Crippen molar-refractivity contribution in [2.45, 2.75) is 83.6 Å². The van der Waals surface area contributed by atoms with Crippen LogP contribution in [0, 0.1) is 0 Å². The molecule has 0 aliphatic rings. The maximum atomic E-state index is 6.08. The Bertz CT molecular complexity index is 162. The lowest BCUT2D eigenvalue weighted by Crippen LogP contribution is -2.34. The van der Waals surface area contributed by atoms with Crippen LogP contribution in [0.25, 0.3) is 0 Å². The molecule has 1 atom stereocenters. The fourth-order valence-corrected chi connectivity index (χ4v) is 2.32. The van der Waals surface area contributed by atoms with Crippen molar-refractivity contribution in [1.29, 1.82) is 0 Å². The van der Waals surface area contributed by atoms with Crippen LogP contribution >= 0.6 is 0 Å². The third-order valence-corrected chi connectivity index (χ3v) is 3.64. The van der Waals surface area contributed by atoms with Gasteiger partial charge in [-0.3, -0.25) is 0 Å². The Morgan fingerprint density at radius 2 is 1.47 bits per heavy atom. The molecule has 19 heavy (non-hydrogen) atoms. The van der Waals surface area contributed by atoms with E-state index in [0.717, 1.165) is 32.5 Å². The van der Waals surface area contributed by atoms with E-state index in [1.807, 2.05) is 0 Å². The van der Waals surface area contributed by atoms with Crippen molar-refractivity contribution in [3.05, 3.63) is 0 Å². The highest BCUT2D eigenvalue weighted by Gasteiger charge is 2.01. The second-order valence-electron chi connectivity index (χ2n) is 5.72. The number of nitrogens with one attached hydrogen (secondary N) is 1. The molecule has 0 bridgehead atoms. The maximum Gasteiger partial charge on any atom is 0.0165 e. The van der Waals surface area contributed by atoms with Crippen molar-refractivity contribution >= 4 is 0 Å². The first-order chi connectivity index (χ1) is 9.31. The van der Waals surface area contributed by atoms with Gasteiger partial charge in [0.05, 0.1) is 0 Å². The third kappa shape index (κ3) is 15.8. The monoisotopic (exact) mass is 271 g/mol. The number of rotatable bonds is 15. The Morgan fingerprint density at radius 3 is 2.21 bits per heavy atom. The number of hydrogen-bond acceptors (Lipinski definition) is 3. The van der Waals surface area contributed by atoms with Gasteiger partial charge in [-0.1, -0.05) is 58.3 Å².